The van der Waals surface area contributed by atoms with Gasteiger partial charge in [-0.25, -0.2) is 0 Å². The predicted octanol–water partition coefficient (Wildman–Crippen LogP) is 1.68. The van der Waals surface area contributed by atoms with Crippen molar-refractivity contribution in [2.45, 2.75) is 13.0 Å². The summed E-state index contributed by atoms with van der Waals surface area (Å²) in [6.45, 7) is 4.90. The smallest absolute Gasteiger partial charge is 0.191 e. The number of nitrogens with two attached hydrogens (primary N) is 1. The van der Waals surface area contributed by atoms with Crippen molar-refractivity contribution in [3.05, 3.63) is 36.5 Å². The van der Waals surface area contributed by atoms with E-state index in [1.54, 1.807) is 0 Å². The van der Waals surface area contributed by atoms with Crippen LogP contribution in [0.15, 0.2) is 41.5 Å². The second-order valence-corrected chi connectivity index (χ2v) is 5.26. The zero-order valence-electron chi connectivity index (χ0n) is 12.2. The largest absolute Gasteiger partial charge is 0.378 e. The standard InChI is InChI=1S/C16H22N4O/c17-16(20-10-12-21-13-11-20)18-7-3-8-19-9-6-14-4-1-2-5-15(14)19/h1-2,4-6,9H,3,7-8,10-13H2,(H2,17,18). The Morgan fingerprint density at radius 1 is 1.19 bits per heavy atom. The quantitative estimate of drug-likeness (QED) is 0.528. The lowest BCUT2D eigenvalue weighted by Gasteiger charge is -2.27. The van der Waals surface area contributed by atoms with Gasteiger partial charge in [0, 0.05) is 37.9 Å². The highest BCUT2D eigenvalue weighted by molar-refractivity contribution is 5.80. The molecule has 0 spiro atoms. The van der Waals surface area contributed by atoms with Gasteiger partial charge in [-0.2, -0.15) is 0 Å². The van der Waals surface area contributed by atoms with Crippen molar-refractivity contribution in [2.75, 3.05) is 32.8 Å². The van der Waals surface area contributed by atoms with E-state index >= 15 is 0 Å². The van der Waals surface area contributed by atoms with E-state index in [9.17, 15) is 0 Å². The van der Waals surface area contributed by atoms with Crippen LogP contribution >= 0.6 is 0 Å². The molecule has 1 aliphatic heterocycles. The molecule has 2 aromatic rings. The average Bonchev–Trinajstić information content (AvgIpc) is 2.95. The Bertz CT molecular complexity index is 614. The lowest BCUT2D eigenvalue weighted by Crippen LogP contribution is -2.44. The molecule has 1 aromatic heterocycles. The van der Waals surface area contributed by atoms with Crippen LogP contribution in [0.3, 0.4) is 0 Å². The van der Waals surface area contributed by atoms with Crippen LogP contribution in [-0.2, 0) is 11.3 Å². The molecule has 2 heterocycles. The number of aliphatic imine (C=N–C) groups is 1. The fraction of sp³-hybridized carbons (Fsp3) is 0.438. The first kappa shape index (κ1) is 13.9. The van der Waals surface area contributed by atoms with Crippen LogP contribution in [0.25, 0.3) is 10.9 Å². The predicted molar refractivity (Wildman–Crippen MR) is 85.4 cm³/mol. The van der Waals surface area contributed by atoms with E-state index in [0.29, 0.717) is 5.96 Å². The van der Waals surface area contributed by atoms with Gasteiger partial charge >= 0.3 is 0 Å². The summed E-state index contributed by atoms with van der Waals surface area (Å²) in [4.78, 5) is 6.57. The Labute approximate surface area is 125 Å². The first-order valence-electron chi connectivity index (χ1n) is 7.51. The van der Waals surface area contributed by atoms with Crippen molar-refractivity contribution in [3.63, 3.8) is 0 Å². The molecule has 1 aromatic carbocycles. The number of morpholine rings is 1. The van der Waals surface area contributed by atoms with Gasteiger partial charge in [-0.15, -0.1) is 0 Å². The topological polar surface area (TPSA) is 55.8 Å². The Morgan fingerprint density at radius 3 is 2.86 bits per heavy atom. The van der Waals surface area contributed by atoms with E-state index < -0.39 is 0 Å². The van der Waals surface area contributed by atoms with Crippen molar-refractivity contribution < 1.29 is 4.74 Å². The van der Waals surface area contributed by atoms with Crippen molar-refractivity contribution in [2.24, 2.45) is 10.7 Å². The summed E-state index contributed by atoms with van der Waals surface area (Å²) in [5.74, 6) is 0.649. The van der Waals surface area contributed by atoms with Gasteiger partial charge in [0.1, 0.15) is 0 Å². The Hall–Kier alpha value is -2.01. The van der Waals surface area contributed by atoms with E-state index in [4.69, 9.17) is 10.5 Å². The molecule has 3 rings (SSSR count). The molecule has 21 heavy (non-hydrogen) atoms. The van der Waals surface area contributed by atoms with Gasteiger partial charge in [0.2, 0.25) is 0 Å². The first-order chi connectivity index (χ1) is 10.3. The van der Waals surface area contributed by atoms with Crippen molar-refractivity contribution in [1.29, 1.82) is 0 Å². The third-order valence-corrected chi connectivity index (χ3v) is 3.85. The fourth-order valence-electron chi connectivity index (χ4n) is 2.66. The SMILES string of the molecule is NC(=NCCCn1ccc2ccccc21)N1CCOCC1. The third-order valence-electron chi connectivity index (χ3n) is 3.85. The van der Waals surface area contributed by atoms with Crippen molar-refractivity contribution in [1.82, 2.24) is 9.47 Å². The number of hydrogen-bond acceptors (Lipinski definition) is 2. The molecule has 0 amide bonds. The highest BCUT2D eigenvalue weighted by Gasteiger charge is 2.11. The van der Waals surface area contributed by atoms with Crippen molar-refractivity contribution >= 4 is 16.9 Å². The van der Waals surface area contributed by atoms with Gasteiger partial charge in [-0.3, -0.25) is 4.99 Å². The molecule has 5 heteroatoms. The van der Waals surface area contributed by atoms with E-state index in [0.717, 1.165) is 45.8 Å². The highest BCUT2D eigenvalue weighted by Crippen LogP contribution is 2.15. The van der Waals surface area contributed by atoms with Crippen LogP contribution in [0.5, 0.6) is 0 Å². The van der Waals surface area contributed by atoms with E-state index in [2.05, 4.69) is 51.0 Å². The monoisotopic (exact) mass is 286 g/mol. The Balaban J connectivity index is 1.51. The molecule has 0 radical (unpaired) electrons. The van der Waals surface area contributed by atoms with Gasteiger partial charge in [0.05, 0.1) is 13.2 Å². The minimum absolute atomic E-state index is 0.649. The summed E-state index contributed by atoms with van der Waals surface area (Å²) in [5.41, 5.74) is 7.29. The molecule has 1 fully saturated rings. The third kappa shape index (κ3) is 3.36. The lowest BCUT2D eigenvalue weighted by atomic mass is 10.2. The highest BCUT2D eigenvalue weighted by atomic mass is 16.5. The molecule has 0 unspecified atom stereocenters. The normalized spacial score (nSPS) is 16.6. The van der Waals surface area contributed by atoms with Gasteiger partial charge in [-0.05, 0) is 23.9 Å². The molecule has 0 saturated carbocycles. The zero-order chi connectivity index (χ0) is 14.5. The van der Waals surface area contributed by atoms with Gasteiger partial charge in [-0.1, -0.05) is 18.2 Å². The van der Waals surface area contributed by atoms with Gasteiger partial charge in [0.25, 0.3) is 0 Å². The number of guanidine groups is 1. The maximum atomic E-state index is 6.01. The summed E-state index contributed by atoms with van der Waals surface area (Å²) in [6.07, 6.45) is 3.13. The van der Waals surface area contributed by atoms with E-state index in [1.165, 1.54) is 10.9 Å². The Morgan fingerprint density at radius 2 is 2.00 bits per heavy atom. The summed E-state index contributed by atoms with van der Waals surface area (Å²) in [7, 11) is 0. The van der Waals surface area contributed by atoms with Crippen LogP contribution in [0.1, 0.15) is 6.42 Å². The summed E-state index contributed by atoms with van der Waals surface area (Å²) in [5, 5.41) is 1.29. The number of aromatic nitrogens is 1. The number of hydrogen-bond donors (Lipinski definition) is 1. The number of ether oxygens (including phenoxy) is 1. The maximum Gasteiger partial charge on any atom is 0.191 e. The molecular formula is C16H22N4O. The lowest BCUT2D eigenvalue weighted by molar-refractivity contribution is 0.0674. The van der Waals surface area contributed by atoms with Gasteiger partial charge in [0.15, 0.2) is 5.96 Å². The molecule has 2 N–H and O–H groups in total. The number of rotatable bonds is 4. The summed E-state index contributed by atoms with van der Waals surface area (Å²) >= 11 is 0. The zero-order valence-corrected chi connectivity index (χ0v) is 12.2. The minimum atomic E-state index is 0.649. The second kappa shape index (κ2) is 6.63. The van der Waals surface area contributed by atoms with Crippen LogP contribution in [0, 0.1) is 0 Å². The first-order valence-corrected chi connectivity index (χ1v) is 7.51. The van der Waals surface area contributed by atoms with Crippen LogP contribution in [-0.4, -0.2) is 48.3 Å². The number of aryl methyl sites for hydroxylation is 1. The van der Waals surface area contributed by atoms with Crippen LogP contribution in [0.4, 0.5) is 0 Å². The Kier molecular flexibility index (Phi) is 4.40. The van der Waals surface area contributed by atoms with E-state index in [-0.39, 0.29) is 0 Å². The summed E-state index contributed by atoms with van der Waals surface area (Å²) in [6, 6.07) is 10.6. The molecule has 0 aliphatic carbocycles. The average molecular weight is 286 g/mol. The molecule has 0 bridgehead atoms. The summed E-state index contributed by atoms with van der Waals surface area (Å²) < 4.78 is 7.58. The fourth-order valence-corrected chi connectivity index (χ4v) is 2.66. The number of nitrogens with zero attached hydrogens (tertiary/aromatic N) is 3. The number of benzene rings is 1. The van der Waals surface area contributed by atoms with E-state index in [1.807, 2.05) is 0 Å². The molecule has 5 nitrogen and oxygen atoms in total. The van der Waals surface area contributed by atoms with Crippen molar-refractivity contribution in [3.8, 4) is 0 Å². The molecule has 112 valence electrons. The second-order valence-electron chi connectivity index (χ2n) is 5.26. The minimum Gasteiger partial charge on any atom is -0.378 e. The van der Waals surface area contributed by atoms with Crippen LogP contribution in [0.2, 0.25) is 0 Å². The number of para-hydroxylation sites is 1. The molecule has 1 saturated heterocycles. The van der Waals surface area contributed by atoms with Gasteiger partial charge < -0.3 is 19.9 Å². The van der Waals surface area contributed by atoms with Crippen LogP contribution < -0.4 is 5.73 Å². The maximum absolute atomic E-state index is 6.01. The molecule has 1 aliphatic rings. The number of fused-ring (bicyclic) bond motifs is 1. The molecule has 0 atom stereocenters. The molecular weight excluding hydrogens is 264 g/mol.